The first-order chi connectivity index (χ1) is 9.86. The van der Waals surface area contributed by atoms with Crippen LogP contribution in [0.3, 0.4) is 0 Å². The molecule has 2 aliphatic rings. The molecule has 1 heterocycles. The third kappa shape index (κ3) is 2.70. The Bertz CT molecular complexity index is 672. The highest BCUT2D eigenvalue weighted by atomic mass is 32.2. The Balaban J connectivity index is 1.93. The highest BCUT2D eigenvalue weighted by Gasteiger charge is 2.39. The van der Waals surface area contributed by atoms with Gasteiger partial charge in [-0.25, -0.2) is 13.6 Å². The van der Waals surface area contributed by atoms with Crippen LogP contribution in [0.25, 0.3) is 0 Å². The Kier molecular flexibility index (Phi) is 3.53. The van der Waals surface area contributed by atoms with Crippen LogP contribution >= 0.6 is 0 Å². The van der Waals surface area contributed by atoms with Crippen molar-refractivity contribution in [3.63, 3.8) is 0 Å². The number of rotatable bonds is 2. The summed E-state index contributed by atoms with van der Waals surface area (Å²) in [4.78, 5) is 14.4. The van der Waals surface area contributed by atoms with Crippen LogP contribution in [-0.4, -0.2) is 32.3 Å². The van der Waals surface area contributed by atoms with Crippen LogP contribution in [0.15, 0.2) is 23.1 Å². The van der Waals surface area contributed by atoms with E-state index in [1.165, 1.54) is 25.3 Å². The summed E-state index contributed by atoms with van der Waals surface area (Å²) in [6.45, 7) is 3.31. The van der Waals surface area contributed by atoms with Gasteiger partial charge < -0.3 is 4.90 Å². The quantitative estimate of drug-likeness (QED) is 0.899. The number of nitrogens with two attached hydrogens (primary N) is 1. The van der Waals surface area contributed by atoms with Crippen LogP contribution in [0.4, 0.5) is 0 Å². The van der Waals surface area contributed by atoms with Gasteiger partial charge in [0.25, 0.3) is 5.91 Å². The van der Waals surface area contributed by atoms with Crippen molar-refractivity contribution in [1.82, 2.24) is 4.90 Å². The van der Waals surface area contributed by atoms with Gasteiger partial charge in [0.15, 0.2) is 0 Å². The number of hydrogen-bond donors (Lipinski definition) is 1. The lowest BCUT2D eigenvalue weighted by Gasteiger charge is -2.19. The van der Waals surface area contributed by atoms with E-state index >= 15 is 0 Å². The molecule has 1 saturated carbocycles. The Morgan fingerprint density at radius 3 is 2.43 bits per heavy atom. The van der Waals surface area contributed by atoms with Crippen LogP contribution < -0.4 is 5.14 Å². The predicted molar refractivity (Wildman–Crippen MR) is 79.3 cm³/mol. The molecule has 1 saturated heterocycles. The molecule has 21 heavy (non-hydrogen) atoms. The highest BCUT2D eigenvalue weighted by molar-refractivity contribution is 7.89. The van der Waals surface area contributed by atoms with Crippen LogP contribution in [0.1, 0.15) is 35.2 Å². The molecule has 1 aromatic rings. The number of carbonyl (C=O) groups is 1. The second-order valence-electron chi connectivity index (χ2n) is 6.21. The molecule has 2 fully saturated rings. The average molecular weight is 308 g/mol. The molecule has 0 aromatic heterocycles. The fraction of sp³-hybridized carbons (Fsp3) is 0.533. The summed E-state index contributed by atoms with van der Waals surface area (Å²) in [6, 6.07) is 4.71. The van der Waals surface area contributed by atoms with Crippen molar-refractivity contribution in [2.75, 3.05) is 13.1 Å². The molecule has 1 aliphatic carbocycles. The van der Waals surface area contributed by atoms with Gasteiger partial charge in [0.05, 0.1) is 10.5 Å². The predicted octanol–water partition coefficient (Wildman–Crippen LogP) is 1.51. The van der Waals surface area contributed by atoms with Crippen molar-refractivity contribution in [2.45, 2.75) is 31.1 Å². The Hall–Kier alpha value is -1.40. The van der Waals surface area contributed by atoms with E-state index in [0.717, 1.165) is 18.7 Å². The van der Waals surface area contributed by atoms with Gasteiger partial charge in [0.2, 0.25) is 10.0 Å². The Morgan fingerprint density at radius 2 is 1.86 bits per heavy atom. The highest BCUT2D eigenvalue weighted by Crippen LogP contribution is 2.38. The molecule has 2 N–H and O–H groups in total. The van der Waals surface area contributed by atoms with Crippen LogP contribution in [-0.2, 0) is 10.0 Å². The number of benzene rings is 1. The summed E-state index contributed by atoms with van der Waals surface area (Å²) in [6.07, 6.45) is 3.58. The van der Waals surface area contributed by atoms with E-state index < -0.39 is 10.0 Å². The fourth-order valence-electron chi connectivity index (χ4n) is 3.63. The van der Waals surface area contributed by atoms with Gasteiger partial charge in [-0.3, -0.25) is 4.79 Å². The minimum Gasteiger partial charge on any atom is -0.338 e. The van der Waals surface area contributed by atoms with Crippen molar-refractivity contribution in [1.29, 1.82) is 0 Å². The van der Waals surface area contributed by atoms with Gasteiger partial charge in [-0.2, -0.15) is 0 Å². The van der Waals surface area contributed by atoms with Crippen molar-refractivity contribution in [3.8, 4) is 0 Å². The van der Waals surface area contributed by atoms with Crippen LogP contribution in [0.2, 0.25) is 0 Å². The molecule has 2 unspecified atom stereocenters. The number of likely N-dealkylation sites (tertiary alicyclic amines) is 1. The SMILES string of the molecule is Cc1ccc(S(N)(=O)=O)c(C(=O)N2CC3CCCC3C2)c1. The summed E-state index contributed by atoms with van der Waals surface area (Å²) in [5.41, 5.74) is 1.06. The lowest BCUT2D eigenvalue weighted by molar-refractivity contribution is 0.0776. The molecule has 2 atom stereocenters. The molecular weight excluding hydrogens is 288 g/mol. The summed E-state index contributed by atoms with van der Waals surface area (Å²) in [5.74, 6) is 0.950. The molecule has 5 nitrogen and oxygen atoms in total. The number of primary sulfonamides is 1. The molecule has 6 heteroatoms. The monoisotopic (exact) mass is 308 g/mol. The topological polar surface area (TPSA) is 80.5 Å². The number of hydrogen-bond acceptors (Lipinski definition) is 3. The second-order valence-corrected chi connectivity index (χ2v) is 7.74. The summed E-state index contributed by atoms with van der Waals surface area (Å²) in [7, 11) is -3.89. The maximum atomic E-state index is 12.7. The van der Waals surface area contributed by atoms with Crippen molar-refractivity contribution < 1.29 is 13.2 Å². The zero-order valence-corrected chi connectivity index (χ0v) is 12.9. The normalized spacial score (nSPS) is 25.1. The number of fused-ring (bicyclic) bond motifs is 1. The maximum Gasteiger partial charge on any atom is 0.255 e. The van der Waals surface area contributed by atoms with Gasteiger partial charge in [-0.1, -0.05) is 18.1 Å². The molecule has 0 radical (unpaired) electrons. The Labute approximate surface area is 125 Å². The molecular formula is C15H20N2O3S. The minimum atomic E-state index is -3.89. The van der Waals surface area contributed by atoms with E-state index in [1.54, 1.807) is 17.0 Å². The van der Waals surface area contributed by atoms with Gasteiger partial charge in [0, 0.05) is 13.1 Å². The van der Waals surface area contributed by atoms with Crippen molar-refractivity contribution in [2.24, 2.45) is 17.0 Å². The average Bonchev–Trinajstić information content (AvgIpc) is 2.96. The van der Waals surface area contributed by atoms with Crippen molar-refractivity contribution >= 4 is 15.9 Å². The number of carbonyl (C=O) groups excluding carboxylic acids is 1. The first kappa shape index (κ1) is 14.5. The fourth-order valence-corrected chi connectivity index (χ4v) is 4.34. The first-order valence-corrected chi connectivity index (χ1v) is 8.83. The number of aryl methyl sites for hydroxylation is 1. The smallest absolute Gasteiger partial charge is 0.255 e. The van der Waals surface area contributed by atoms with E-state index in [0.29, 0.717) is 11.8 Å². The first-order valence-electron chi connectivity index (χ1n) is 7.29. The molecule has 0 spiro atoms. The van der Waals surface area contributed by atoms with Gasteiger partial charge in [0.1, 0.15) is 0 Å². The molecule has 1 amide bonds. The zero-order valence-electron chi connectivity index (χ0n) is 12.1. The Morgan fingerprint density at radius 1 is 1.24 bits per heavy atom. The molecule has 0 bridgehead atoms. The lowest BCUT2D eigenvalue weighted by atomic mass is 10.0. The van der Waals surface area contributed by atoms with E-state index in [4.69, 9.17) is 5.14 Å². The van der Waals surface area contributed by atoms with E-state index in [9.17, 15) is 13.2 Å². The number of amides is 1. The molecule has 1 aliphatic heterocycles. The van der Waals surface area contributed by atoms with Crippen LogP contribution in [0.5, 0.6) is 0 Å². The van der Waals surface area contributed by atoms with Gasteiger partial charge >= 0.3 is 0 Å². The zero-order chi connectivity index (χ0) is 15.2. The standard InChI is InChI=1S/C15H20N2O3S/c1-10-5-6-14(21(16,19)20)13(7-10)15(18)17-8-11-3-2-4-12(11)9-17/h5-7,11-12H,2-4,8-9H2,1H3,(H2,16,19,20). The molecule has 1 aromatic carbocycles. The van der Waals surface area contributed by atoms with Crippen LogP contribution in [0, 0.1) is 18.8 Å². The minimum absolute atomic E-state index is 0.0739. The van der Waals surface area contributed by atoms with Crippen molar-refractivity contribution in [3.05, 3.63) is 29.3 Å². The number of nitrogens with zero attached hydrogens (tertiary/aromatic N) is 1. The molecule has 3 rings (SSSR count). The molecule has 114 valence electrons. The summed E-state index contributed by atoms with van der Waals surface area (Å²) >= 11 is 0. The summed E-state index contributed by atoms with van der Waals surface area (Å²) < 4.78 is 23.4. The van der Waals surface area contributed by atoms with E-state index in [2.05, 4.69) is 0 Å². The maximum absolute atomic E-state index is 12.7. The summed E-state index contributed by atoms with van der Waals surface area (Å²) in [5, 5.41) is 5.24. The third-order valence-corrected chi connectivity index (χ3v) is 5.65. The second kappa shape index (κ2) is 5.10. The van der Waals surface area contributed by atoms with E-state index in [1.807, 2.05) is 6.92 Å². The lowest BCUT2D eigenvalue weighted by Crippen LogP contribution is -2.31. The van der Waals surface area contributed by atoms with E-state index in [-0.39, 0.29) is 16.4 Å². The van der Waals surface area contributed by atoms with Gasteiger partial charge in [-0.15, -0.1) is 0 Å². The third-order valence-electron chi connectivity index (χ3n) is 4.69. The van der Waals surface area contributed by atoms with Gasteiger partial charge in [-0.05, 0) is 43.7 Å². The largest absolute Gasteiger partial charge is 0.338 e. The number of sulfonamides is 1.